The molecule has 0 radical (unpaired) electrons. The number of rotatable bonds is 5. The van der Waals surface area contributed by atoms with E-state index in [9.17, 15) is 14.4 Å². The molecule has 0 aliphatic heterocycles. The fraction of sp³-hybridized carbons (Fsp3) is 0.105. The molecule has 7 heteroatoms. The van der Waals surface area contributed by atoms with Gasteiger partial charge in [-0.3, -0.25) is 19.1 Å². The van der Waals surface area contributed by atoms with Gasteiger partial charge in [0.05, 0.1) is 6.04 Å². The summed E-state index contributed by atoms with van der Waals surface area (Å²) in [6.07, 6.45) is 1.29. The predicted octanol–water partition coefficient (Wildman–Crippen LogP) is 2.10. The second kappa shape index (κ2) is 7.84. The van der Waals surface area contributed by atoms with Crippen LogP contribution in [0.1, 0.15) is 17.2 Å². The van der Waals surface area contributed by atoms with Crippen LogP contribution in [0.4, 0.5) is 0 Å². The van der Waals surface area contributed by atoms with Crippen molar-refractivity contribution < 1.29 is 4.79 Å². The normalized spacial score (nSPS) is 11.7. The lowest BCUT2D eigenvalue weighted by molar-refractivity contribution is -0.122. The van der Waals surface area contributed by atoms with E-state index in [1.54, 1.807) is 12.1 Å². The second-order valence-electron chi connectivity index (χ2n) is 5.70. The fourth-order valence-corrected chi connectivity index (χ4v) is 2.72. The number of aromatic nitrogens is 2. The minimum atomic E-state index is -0.629. The summed E-state index contributed by atoms with van der Waals surface area (Å²) in [5.41, 5.74) is 0.630. The van der Waals surface area contributed by atoms with Crippen molar-refractivity contribution in [2.24, 2.45) is 0 Å². The summed E-state index contributed by atoms with van der Waals surface area (Å²) in [5, 5.41) is 3.53. The third-order valence-corrected chi connectivity index (χ3v) is 4.10. The molecule has 2 N–H and O–H groups in total. The zero-order chi connectivity index (χ0) is 18.5. The number of nitrogens with zero attached hydrogens (tertiary/aromatic N) is 1. The summed E-state index contributed by atoms with van der Waals surface area (Å²) >= 11 is 5.95. The molecule has 0 saturated carbocycles. The van der Waals surface area contributed by atoms with Crippen LogP contribution in [0, 0.1) is 0 Å². The molecule has 1 atom stereocenters. The molecule has 2 aromatic carbocycles. The molecular formula is C19H16ClN3O3. The first-order chi connectivity index (χ1) is 12.5. The largest absolute Gasteiger partial charge is 0.344 e. The number of H-pyrrole nitrogens is 1. The Labute approximate surface area is 154 Å². The number of hydrogen-bond donors (Lipinski definition) is 2. The van der Waals surface area contributed by atoms with Gasteiger partial charge in [0, 0.05) is 17.3 Å². The monoisotopic (exact) mass is 369 g/mol. The lowest BCUT2D eigenvalue weighted by atomic mass is 9.98. The zero-order valence-corrected chi connectivity index (χ0v) is 14.4. The third kappa shape index (κ3) is 4.29. The van der Waals surface area contributed by atoms with Crippen LogP contribution < -0.4 is 16.6 Å². The van der Waals surface area contributed by atoms with Crippen LogP contribution >= 0.6 is 11.6 Å². The standard InChI is InChI=1S/C19H16ClN3O3/c20-15-8-6-14(7-9-15)18(13-4-2-1-3-5-13)21-17(25)12-23-11-10-16(24)22-19(23)26/h1-11,18H,12H2,(H,21,25)(H,22,24,26). The molecule has 0 fully saturated rings. The Bertz CT molecular complexity index is 1010. The average Bonchev–Trinajstić information content (AvgIpc) is 2.64. The van der Waals surface area contributed by atoms with E-state index in [0.29, 0.717) is 5.02 Å². The smallest absolute Gasteiger partial charge is 0.328 e. The van der Waals surface area contributed by atoms with Crippen LogP contribution in [0.25, 0.3) is 0 Å². The molecule has 0 spiro atoms. The van der Waals surface area contributed by atoms with Crippen molar-refractivity contribution in [3.05, 3.63) is 104 Å². The van der Waals surface area contributed by atoms with E-state index in [1.165, 1.54) is 12.3 Å². The van der Waals surface area contributed by atoms with Crippen molar-refractivity contribution in [3.63, 3.8) is 0 Å². The highest BCUT2D eigenvalue weighted by atomic mass is 35.5. The summed E-state index contributed by atoms with van der Waals surface area (Å²) in [6.45, 7) is -0.202. The van der Waals surface area contributed by atoms with Crippen LogP contribution in [0.3, 0.4) is 0 Å². The molecule has 1 amide bonds. The highest BCUT2D eigenvalue weighted by molar-refractivity contribution is 6.30. The molecule has 3 rings (SSSR count). The molecule has 0 saturated heterocycles. The minimum absolute atomic E-state index is 0.202. The molecule has 0 aliphatic rings. The van der Waals surface area contributed by atoms with Gasteiger partial charge in [-0.25, -0.2) is 4.79 Å². The average molecular weight is 370 g/mol. The van der Waals surface area contributed by atoms with Gasteiger partial charge in [0.1, 0.15) is 6.54 Å². The van der Waals surface area contributed by atoms with Gasteiger partial charge < -0.3 is 5.32 Å². The summed E-state index contributed by atoms with van der Waals surface area (Å²) in [6, 6.07) is 17.5. The van der Waals surface area contributed by atoms with E-state index >= 15 is 0 Å². The Kier molecular flexibility index (Phi) is 5.34. The molecule has 1 unspecified atom stereocenters. The first-order valence-corrected chi connectivity index (χ1v) is 8.30. The summed E-state index contributed by atoms with van der Waals surface area (Å²) < 4.78 is 1.14. The van der Waals surface area contributed by atoms with E-state index in [-0.39, 0.29) is 18.5 Å². The van der Waals surface area contributed by atoms with Gasteiger partial charge in [0.25, 0.3) is 5.56 Å². The van der Waals surface area contributed by atoms with Crippen molar-refractivity contribution in [3.8, 4) is 0 Å². The minimum Gasteiger partial charge on any atom is -0.344 e. The number of aromatic amines is 1. The SMILES string of the molecule is O=C(Cn1ccc(=O)[nH]c1=O)NC(c1ccccc1)c1ccc(Cl)cc1. The van der Waals surface area contributed by atoms with Crippen molar-refractivity contribution in [1.82, 2.24) is 14.9 Å². The molecule has 0 aliphatic carbocycles. The van der Waals surface area contributed by atoms with Crippen molar-refractivity contribution in [1.29, 1.82) is 0 Å². The summed E-state index contributed by atoms with van der Waals surface area (Å²) in [7, 11) is 0. The molecule has 6 nitrogen and oxygen atoms in total. The van der Waals surface area contributed by atoms with Crippen LogP contribution in [0.15, 0.2) is 76.4 Å². The number of hydrogen-bond acceptors (Lipinski definition) is 3. The molecule has 1 aromatic heterocycles. The topological polar surface area (TPSA) is 84.0 Å². The van der Waals surface area contributed by atoms with Gasteiger partial charge >= 0.3 is 5.69 Å². The summed E-state index contributed by atoms with van der Waals surface area (Å²) in [4.78, 5) is 37.5. The Morgan fingerprint density at radius 2 is 1.65 bits per heavy atom. The highest BCUT2D eigenvalue weighted by Gasteiger charge is 2.17. The van der Waals surface area contributed by atoms with E-state index < -0.39 is 11.2 Å². The number of halogens is 1. The maximum Gasteiger partial charge on any atom is 0.328 e. The van der Waals surface area contributed by atoms with Gasteiger partial charge in [-0.05, 0) is 23.3 Å². The predicted molar refractivity (Wildman–Crippen MR) is 99.2 cm³/mol. The van der Waals surface area contributed by atoms with Crippen molar-refractivity contribution in [2.45, 2.75) is 12.6 Å². The van der Waals surface area contributed by atoms with E-state index in [0.717, 1.165) is 15.7 Å². The quantitative estimate of drug-likeness (QED) is 0.722. The lowest BCUT2D eigenvalue weighted by Gasteiger charge is -2.20. The molecule has 132 valence electrons. The zero-order valence-electron chi connectivity index (χ0n) is 13.7. The van der Waals surface area contributed by atoms with Gasteiger partial charge in [-0.15, -0.1) is 0 Å². The summed E-state index contributed by atoms with van der Waals surface area (Å²) in [5.74, 6) is -0.358. The van der Waals surface area contributed by atoms with Gasteiger partial charge in [-0.2, -0.15) is 0 Å². The molecule has 1 heterocycles. The van der Waals surface area contributed by atoms with E-state index in [1.807, 2.05) is 42.5 Å². The van der Waals surface area contributed by atoms with Gasteiger partial charge in [-0.1, -0.05) is 54.1 Å². The Hall–Kier alpha value is -3.12. The second-order valence-corrected chi connectivity index (χ2v) is 6.14. The Balaban J connectivity index is 1.85. The maximum atomic E-state index is 12.5. The third-order valence-electron chi connectivity index (χ3n) is 3.85. The van der Waals surface area contributed by atoms with Crippen LogP contribution in [0.2, 0.25) is 5.02 Å². The van der Waals surface area contributed by atoms with Crippen LogP contribution in [0.5, 0.6) is 0 Å². The Morgan fingerprint density at radius 3 is 2.31 bits per heavy atom. The first-order valence-electron chi connectivity index (χ1n) is 7.92. The van der Waals surface area contributed by atoms with E-state index in [4.69, 9.17) is 11.6 Å². The molecule has 3 aromatic rings. The fourth-order valence-electron chi connectivity index (χ4n) is 2.59. The van der Waals surface area contributed by atoms with Crippen molar-refractivity contribution in [2.75, 3.05) is 0 Å². The Morgan fingerprint density at radius 1 is 1.00 bits per heavy atom. The van der Waals surface area contributed by atoms with Gasteiger partial charge in [0.15, 0.2) is 0 Å². The number of nitrogens with one attached hydrogen (secondary N) is 2. The van der Waals surface area contributed by atoms with E-state index in [2.05, 4.69) is 10.3 Å². The van der Waals surface area contributed by atoms with Gasteiger partial charge in [0.2, 0.25) is 5.91 Å². The number of carbonyl (C=O) groups is 1. The van der Waals surface area contributed by atoms with Crippen molar-refractivity contribution >= 4 is 17.5 Å². The highest BCUT2D eigenvalue weighted by Crippen LogP contribution is 2.23. The molecule has 26 heavy (non-hydrogen) atoms. The molecular weight excluding hydrogens is 354 g/mol. The number of amides is 1. The maximum absolute atomic E-state index is 12.5. The first kappa shape index (κ1) is 17.7. The van der Waals surface area contributed by atoms with Crippen LogP contribution in [-0.2, 0) is 11.3 Å². The molecule has 0 bridgehead atoms. The number of benzene rings is 2. The van der Waals surface area contributed by atoms with Crippen LogP contribution in [-0.4, -0.2) is 15.5 Å². The number of carbonyl (C=O) groups excluding carboxylic acids is 1. The lowest BCUT2D eigenvalue weighted by Crippen LogP contribution is -2.37.